The molecule has 1 aromatic carbocycles. The van der Waals surface area contributed by atoms with Crippen molar-refractivity contribution in [2.45, 2.75) is 96.8 Å². The Morgan fingerprint density at radius 3 is 2.16 bits per heavy atom. The third kappa shape index (κ3) is 9.04. The maximum absolute atomic E-state index is 13.6. The van der Waals surface area contributed by atoms with E-state index in [1.54, 1.807) is 16.2 Å². The Bertz CT molecular complexity index is 1590. The number of nitrogens with two attached hydrogens (primary N) is 1. The van der Waals surface area contributed by atoms with E-state index in [9.17, 15) is 14.7 Å². The Kier molecular flexibility index (Phi) is 12.1. The van der Waals surface area contributed by atoms with Crippen LogP contribution in [0.1, 0.15) is 106 Å². The molecule has 2 fully saturated rings. The quantitative estimate of drug-likeness (QED) is 0.221. The Labute approximate surface area is 295 Å². The fourth-order valence-corrected chi connectivity index (χ4v) is 8.73. The number of rotatable bonds is 9. The molecule has 0 bridgehead atoms. The number of thiophene rings is 1. The molecule has 3 N–H and O–H groups in total. The number of carbonyl (C=O) groups excluding carboxylic acids is 2. The fraction of sp³-hybridized carbons (Fsp3) is 0.525. The molecule has 3 aliphatic rings. The third-order valence-corrected chi connectivity index (χ3v) is 12.4. The highest BCUT2D eigenvalue weighted by Crippen LogP contribution is 2.42. The highest BCUT2D eigenvalue weighted by Gasteiger charge is 2.39. The van der Waals surface area contributed by atoms with E-state index in [2.05, 4.69) is 63.8 Å². The normalized spacial score (nSPS) is 21.8. The van der Waals surface area contributed by atoms with Crippen LogP contribution in [0.2, 0.25) is 0 Å². The number of primary amides is 1. The number of likely N-dealkylation sites (tertiary alicyclic amines) is 1. The van der Waals surface area contributed by atoms with Crippen molar-refractivity contribution in [3.05, 3.63) is 75.7 Å². The summed E-state index contributed by atoms with van der Waals surface area (Å²) in [6.07, 6.45) is 17.8. The van der Waals surface area contributed by atoms with Crippen LogP contribution in [0.25, 0.3) is 17.0 Å². The van der Waals surface area contributed by atoms with Gasteiger partial charge in [0.15, 0.2) is 5.82 Å². The number of aromatic nitrogens is 2. The zero-order valence-electron chi connectivity index (χ0n) is 29.4. The summed E-state index contributed by atoms with van der Waals surface area (Å²) < 4.78 is 0. The number of hydrogen-bond acceptors (Lipinski definition) is 6. The number of amides is 2. The zero-order chi connectivity index (χ0) is 35.1. The summed E-state index contributed by atoms with van der Waals surface area (Å²) in [4.78, 5) is 47.1. The summed E-state index contributed by atoms with van der Waals surface area (Å²) in [5.74, 6) is 1.77. The first-order valence-electron chi connectivity index (χ1n) is 17.9. The number of nitrogens with zero attached hydrogens (tertiary/aromatic N) is 3. The summed E-state index contributed by atoms with van der Waals surface area (Å²) in [6, 6.07) is 12.4. The van der Waals surface area contributed by atoms with E-state index >= 15 is 0 Å². The predicted molar refractivity (Wildman–Crippen MR) is 196 cm³/mol. The van der Waals surface area contributed by atoms with Crippen molar-refractivity contribution in [2.75, 3.05) is 13.1 Å². The van der Waals surface area contributed by atoms with Gasteiger partial charge in [-0.15, -0.1) is 11.3 Å². The molecule has 2 aromatic heterocycles. The van der Waals surface area contributed by atoms with Gasteiger partial charge in [-0.3, -0.25) is 14.4 Å². The van der Waals surface area contributed by atoms with Crippen molar-refractivity contribution in [1.29, 1.82) is 0 Å². The second-order valence-electron chi connectivity index (χ2n) is 15.1. The van der Waals surface area contributed by atoms with E-state index in [-0.39, 0.29) is 36.7 Å². The summed E-state index contributed by atoms with van der Waals surface area (Å²) in [6.45, 7) is 9.45. The molecule has 3 aromatic rings. The number of benzene rings is 1. The molecule has 1 aliphatic heterocycles. The highest BCUT2D eigenvalue weighted by molar-refractivity contribution is 7.12. The Balaban J connectivity index is 0.00000151. The van der Waals surface area contributed by atoms with E-state index in [0.29, 0.717) is 12.2 Å². The Hall–Kier alpha value is -3.85. The molecule has 2 atom stereocenters. The molecule has 1 saturated carbocycles. The van der Waals surface area contributed by atoms with Crippen LogP contribution in [0.4, 0.5) is 0 Å². The minimum Gasteiger partial charge on any atom is -0.481 e. The first-order chi connectivity index (χ1) is 23.5. The first-order valence-corrected chi connectivity index (χ1v) is 18.7. The lowest BCUT2D eigenvalue weighted by Gasteiger charge is -2.38. The molecular weight excluding hydrogens is 633 g/mol. The molecule has 2 aliphatic carbocycles. The highest BCUT2D eigenvalue weighted by atomic mass is 32.1. The van der Waals surface area contributed by atoms with Gasteiger partial charge >= 0.3 is 5.97 Å². The minimum atomic E-state index is -0.832. The maximum Gasteiger partial charge on any atom is 0.310 e. The van der Waals surface area contributed by atoms with Crippen LogP contribution in [-0.4, -0.2) is 51.4 Å². The molecule has 9 heteroatoms. The molecular formula is C40H52N4O4S. The second-order valence-corrected chi connectivity index (χ2v) is 16.2. The average molecular weight is 685 g/mol. The lowest BCUT2D eigenvalue weighted by molar-refractivity contribution is -0.153. The molecule has 1 saturated heterocycles. The van der Waals surface area contributed by atoms with Gasteiger partial charge in [0, 0.05) is 46.4 Å². The Morgan fingerprint density at radius 1 is 0.980 bits per heavy atom. The van der Waals surface area contributed by atoms with E-state index in [0.717, 1.165) is 45.7 Å². The number of carboxylic acid groups (broad SMARTS) is 1. The first kappa shape index (κ1) is 36.4. The van der Waals surface area contributed by atoms with E-state index < -0.39 is 11.9 Å². The van der Waals surface area contributed by atoms with Crippen LogP contribution in [0.15, 0.2) is 54.9 Å². The van der Waals surface area contributed by atoms with Gasteiger partial charge in [-0.05, 0) is 85.0 Å². The second kappa shape index (κ2) is 16.2. The van der Waals surface area contributed by atoms with Crippen molar-refractivity contribution < 1.29 is 19.5 Å². The maximum atomic E-state index is 13.6. The summed E-state index contributed by atoms with van der Waals surface area (Å²) in [5, 5.41) is 9.34. The third-order valence-electron chi connectivity index (χ3n) is 10.8. The molecule has 262 valence electrons. The van der Waals surface area contributed by atoms with Gasteiger partial charge in [-0.1, -0.05) is 77.3 Å². The SMILES string of the molecule is CCC1CCC(C2CC=C(c3cnc(-c4ccc(CC(C(=O)N5CC(C(=O)O)C5)c5ccc(C(C)(C)C)s5)cc4)nc3)CC2)CC1.NC=O. The van der Waals surface area contributed by atoms with Crippen LogP contribution in [0.3, 0.4) is 0 Å². The minimum absolute atomic E-state index is 0.00230. The van der Waals surface area contributed by atoms with Crippen molar-refractivity contribution in [3.63, 3.8) is 0 Å². The molecule has 0 spiro atoms. The number of aliphatic carboxylic acids is 1. The fourth-order valence-electron chi connectivity index (χ4n) is 7.57. The van der Waals surface area contributed by atoms with Crippen LogP contribution < -0.4 is 5.73 Å². The van der Waals surface area contributed by atoms with Crippen molar-refractivity contribution in [2.24, 2.45) is 29.4 Å². The van der Waals surface area contributed by atoms with Crippen LogP contribution in [-0.2, 0) is 26.2 Å². The predicted octanol–water partition coefficient (Wildman–Crippen LogP) is 7.87. The number of hydrogen-bond donors (Lipinski definition) is 2. The molecule has 6 rings (SSSR count). The van der Waals surface area contributed by atoms with Crippen molar-refractivity contribution in [1.82, 2.24) is 14.9 Å². The molecule has 49 heavy (non-hydrogen) atoms. The zero-order valence-corrected chi connectivity index (χ0v) is 30.3. The van der Waals surface area contributed by atoms with Crippen LogP contribution in [0, 0.1) is 23.7 Å². The smallest absolute Gasteiger partial charge is 0.310 e. The van der Waals surface area contributed by atoms with Crippen LogP contribution >= 0.6 is 11.3 Å². The molecule has 2 unspecified atom stereocenters. The molecule has 2 amide bonds. The van der Waals surface area contributed by atoms with Gasteiger partial charge in [0.2, 0.25) is 12.3 Å². The molecule has 0 radical (unpaired) electrons. The van der Waals surface area contributed by atoms with E-state index in [4.69, 9.17) is 14.8 Å². The largest absolute Gasteiger partial charge is 0.481 e. The van der Waals surface area contributed by atoms with Crippen molar-refractivity contribution in [3.8, 4) is 11.4 Å². The number of allylic oxidation sites excluding steroid dienone is 2. The number of carbonyl (C=O) groups is 3. The van der Waals surface area contributed by atoms with Gasteiger partial charge in [-0.2, -0.15) is 0 Å². The molecule has 8 nitrogen and oxygen atoms in total. The van der Waals surface area contributed by atoms with Crippen molar-refractivity contribution >= 4 is 35.2 Å². The summed E-state index contributed by atoms with van der Waals surface area (Å²) >= 11 is 1.69. The van der Waals surface area contributed by atoms with E-state index in [1.807, 2.05) is 24.5 Å². The summed E-state index contributed by atoms with van der Waals surface area (Å²) in [5.41, 5.74) is 8.71. The van der Waals surface area contributed by atoms with Gasteiger partial charge < -0.3 is 15.7 Å². The average Bonchev–Trinajstić information content (AvgIpc) is 3.58. The van der Waals surface area contributed by atoms with Gasteiger partial charge in [0.1, 0.15) is 0 Å². The number of carboxylic acids is 1. The summed E-state index contributed by atoms with van der Waals surface area (Å²) in [7, 11) is 0. The Morgan fingerprint density at radius 2 is 1.63 bits per heavy atom. The van der Waals surface area contributed by atoms with E-state index in [1.165, 1.54) is 55.4 Å². The lowest BCUT2D eigenvalue weighted by Crippen LogP contribution is -2.54. The van der Waals surface area contributed by atoms with Gasteiger partial charge in [-0.25, -0.2) is 9.97 Å². The van der Waals surface area contributed by atoms with Gasteiger partial charge in [0.25, 0.3) is 0 Å². The van der Waals surface area contributed by atoms with Crippen LogP contribution in [0.5, 0.6) is 0 Å². The molecule has 3 heterocycles. The monoisotopic (exact) mass is 684 g/mol. The lowest BCUT2D eigenvalue weighted by atomic mass is 9.71. The topological polar surface area (TPSA) is 126 Å². The van der Waals surface area contributed by atoms with Gasteiger partial charge in [0.05, 0.1) is 11.8 Å². The standard InChI is InChI=1S/C39H49N3O3S.CH3NO/c1-5-25-6-10-27(11-7-25)28-14-16-29(17-15-28)31-21-40-36(41-22-31)30-12-8-26(9-13-30)20-33(34-18-19-35(46-34)39(2,3)4)37(43)42-23-32(24-42)38(44)45;2-1-3/h8-9,12-13,16,18-19,21-22,25,27-28,32-33H,5-7,10-11,14-15,17,20,23-24H2,1-4H3,(H,44,45);1H,(H2,2,3).